The summed E-state index contributed by atoms with van der Waals surface area (Å²) in [6.45, 7) is 8.97. The summed E-state index contributed by atoms with van der Waals surface area (Å²) in [6, 6.07) is 0. The Morgan fingerprint density at radius 3 is 2.55 bits per heavy atom. The van der Waals surface area contributed by atoms with Crippen molar-refractivity contribution in [2.75, 3.05) is 6.61 Å². The molecule has 4 N–H and O–H groups in total. The van der Waals surface area contributed by atoms with Crippen LogP contribution in [0.15, 0.2) is 22.8 Å². The second-order valence-corrected chi connectivity index (χ2v) is 12.0. The van der Waals surface area contributed by atoms with Gasteiger partial charge in [-0.3, -0.25) is 0 Å². The van der Waals surface area contributed by atoms with Gasteiger partial charge in [-0.25, -0.2) is 0 Å². The van der Waals surface area contributed by atoms with E-state index in [1.165, 1.54) is 6.42 Å². The Morgan fingerprint density at radius 1 is 1.10 bits per heavy atom. The lowest BCUT2D eigenvalue weighted by Crippen LogP contribution is -2.77. The maximum absolute atomic E-state index is 11.7. The molecule has 6 nitrogen and oxygen atoms in total. The molecule has 2 saturated carbocycles. The Morgan fingerprint density at radius 2 is 1.84 bits per heavy atom. The third kappa shape index (κ3) is 2.20. The van der Waals surface area contributed by atoms with Crippen LogP contribution in [-0.2, 0) is 9.47 Å². The summed E-state index contributed by atoms with van der Waals surface area (Å²) in [5.74, 6) is 0.146. The number of aliphatic hydroxyl groups is 4. The van der Waals surface area contributed by atoms with Crippen LogP contribution in [0.5, 0.6) is 0 Å². The summed E-state index contributed by atoms with van der Waals surface area (Å²) < 4.78 is 12.2. The molecule has 4 aliphatic carbocycles. The van der Waals surface area contributed by atoms with E-state index in [-0.39, 0.29) is 29.5 Å². The summed E-state index contributed by atoms with van der Waals surface area (Å²) >= 11 is 0. The molecule has 31 heavy (non-hydrogen) atoms. The molecule has 10 atom stereocenters. The normalized spacial score (nSPS) is 57.5. The smallest absolute Gasteiger partial charge is 0.190 e. The Bertz CT molecular complexity index is 894. The first-order valence-corrected chi connectivity index (χ1v) is 12.0. The van der Waals surface area contributed by atoms with Gasteiger partial charge in [0.05, 0.1) is 12.7 Å². The van der Waals surface area contributed by atoms with Gasteiger partial charge in [0, 0.05) is 11.3 Å². The van der Waals surface area contributed by atoms with Gasteiger partial charge >= 0.3 is 0 Å². The molecule has 6 heteroatoms. The molecule has 6 aliphatic rings. The number of rotatable bonds is 1. The minimum Gasteiger partial charge on any atom is -0.387 e. The van der Waals surface area contributed by atoms with Crippen molar-refractivity contribution in [2.45, 2.75) is 95.6 Å². The van der Waals surface area contributed by atoms with Gasteiger partial charge in [0.2, 0.25) is 0 Å². The number of hydrogen-bond donors (Lipinski definition) is 4. The van der Waals surface area contributed by atoms with Gasteiger partial charge in [-0.1, -0.05) is 44.9 Å². The number of aliphatic hydroxyl groups excluding tert-OH is 2. The van der Waals surface area contributed by atoms with Crippen LogP contribution in [0.25, 0.3) is 0 Å². The summed E-state index contributed by atoms with van der Waals surface area (Å²) in [5, 5.41) is 45.1. The van der Waals surface area contributed by atoms with E-state index in [1.807, 2.05) is 6.08 Å². The van der Waals surface area contributed by atoms with Gasteiger partial charge in [-0.2, -0.15) is 0 Å². The van der Waals surface area contributed by atoms with Crippen LogP contribution in [0.4, 0.5) is 0 Å². The standard InChI is InChI=1S/C25H36O6/c1-12(2)13-7-8-22(3)9-10-23(4)15(16(13)22)6-5-14-17-19(23)31-21-25(17,29)20(27)24(28,11-30-21)18(14)26/h5,12,15,17-21,26-29H,6-11H2,1-4H3/t15-,17-,18-,19+,20-,21?,22-,23-,24-,25-/m1/s1. The number of fused-ring (bicyclic) bond motifs is 5. The van der Waals surface area contributed by atoms with Gasteiger partial charge in [-0.15, -0.1) is 0 Å². The third-order valence-corrected chi connectivity index (χ3v) is 10.2. The summed E-state index contributed by atoms with van der Waals surface area (Å²) in [6.07, 6.45) is 2.97. The SMILES string of the molecule is CC(C)C1=C2[C@H]3CC=C4[C@@H](O)[C@]5(O)COC6O[C@@H]([C@@H]4[C@@]6(O)[C@@H]5O)[C@]3(C)CC[C@@]2(C)CC1. The zero-order valence-corrected chi connectivity index (χ0v) is 19.0. The van der Waals surface area contributed by atoms with Gasteiger partial charge in [-0.05, 0) is 54.9 Å². The number of ether oxygens (including phenoxy) is 2. The molecule has 0 spiro atoms. The van der Waals surface area contributed by atoms with Crippen molar-refractivity contribution < 1.29 is 29.9 Å². The molecule has 6 rings (SSSR count). The molecule has 2 bridgehead atoms. The van der Waals surface area contributed by atoms with E-state index in [2.05, 4.69) is 27.7 Å². The monoisotopic (exact) mass is 432 g/mol. The van der Waals surface area contributed by atoms with E-state index in [0.717, 1.165) is 25.7 Å². The molecule has 2 heterocycles. The van der Waals surface area contributed by atoms with Crippen molar-refractivity contribution >= 4 is 0 Å². The van der Waals surface area contributed by atoms with Crippen LogP contribution in [0, 0.1) is 28.6 Å². The average Bonchev–Trinajstić information content (AvgIpc) is 3.20. The maximum Gasteiger partial charge on any atom is 0.190 e. The highest BCUT2D eigenvalue weighted by Gasteiger charge is 2.77. The van der Waals surface area contributed by atoms with Gasteiger partial charge in [0.1, 0.15) is 17.8 Å². The highest BCUT2D eigenvalue weighted by molar-refractivity contribution is 5.42. The fourth-order valence-corrected chi connectivity index (χ4v) is 8.38. The maximum atomic E-state index is 11.7. The minimum atomic E-state index is -1.92. The summed E-state index contributed by atoms with van der Waals surface area (Å²) in [7, 11) is 0. The molecule has 2 saturated heterocycles. The topological polar surface area (TPSA) is 99.4 Å². The van der Waals surface area contributed by atoms with E-state index in [4.69, 9.17) is 9.47 Å². The van der Waals surface area contributed by atoms with E-state index >= 15 is 0 Å². The lowest BCUT2D eigenvalue weighted by molar-refractivity contribution is -0.341. The Hall–Kier alpha value is -0.760. The number of allylic oxidation sites excluding steroid dienone is 3. The second-order valence-electron chi connectivity index (χ2n) is 12.0. The van der Waals surface area contributed by atoms with Crippen molar-refractivity contribution in [2.24, 2.45) is 28.6 Å². The highest BCUT2D eigenvalue weighted by atomic mass is 16.7. The van der Waals surface area contributed by atoms with Crippen molar-refractivity contribution in [3.8, 4) is 0 Å². The number of hydrogen-bond acceptors (Lipinski definition) is 6. The van der Waals surface area contributed by atoms with Crippen LogP contribution in [-0.4, -0.2) is 62.8 Å². The predicted octanol–water partition coefficient (Wildman–Crippen LogP) is 2.05. The molecule has 0 amide bonds. The van der Waals surface area contributed by atoms with Gasteiger partial charge < -0.3 is 29.9 Å². The van der Waals surface area contributed by atoms with E-state index < -0.39 is 35.6 Å². The molecular weight excluding hydrogens is 396 g/mol. The van der Waals surface area contributed by atoms with Crippen LogP contribution < -0.4 is 0 Å². The molecular formula is C25H36O6. The Kier molecular flexibility index (Phi) is 4.04. The Balaban J connectivity index is 1.55. The van der Waals surface area contributed by atoms with Crippen molar-refractivity contribution in [1.82, 2.24) is 0 Å². The molecule has 0 radical (unpaired) electrons. The first-order chi connectivity index (χ1) is 14.5. The van der Waals surface area contributed by atoms with E-state index in [1.54, 1.807) is 11.1 Å². The molecule has 1 unspecified atom stereocenters. The summed E-state index contributed by atoms with van der Waals surface area (Å²) in [5.41, 5.74) is -0.00377. The fourth-order valence-electron chi connectivity index (χ4n) is 8.38. The van der Waals surface area contributed by atoms with E-state index in [0.29, 0.717) is 11.5 Å². The molecule has 172 valence electrons. The van der Waals surface area contributed by atoms with E-state index in [9.17, 15) is 20.4 Å². The van der Waals surface area contributed by atoms with Crippen LogP contribution in [0.1, 0.15) is 59.8 Å². The zero-order valence-electron chi connectivity index (χ0n) is 19.0. The first-order valence-electron chi connectivity index (χ1n) is 12.0. The lowest BCUT2D eigenvalue weighted by Gasteiger charge is -2.56. The lowest BCUT2D eigenvalue weighted by atomic mass is 9.51. The fraction of sp³-hybridized carbons (Fsp3) is 0.840. The quantitative estimate of drug-likeness (QED) is 0.474. The zero-order chi connectivity index (χ0) is 22.1. The molecule has 4 fully saturated rings. The largest absolute Gasteiger partial charge is 0.387 e. The molecule has 0 aromatic rings. The Labute approximate surface area is 183 Å². The highest BCUT2D eigenvalue weighted by Crippen LogP contribution is 2.68. The van der Waals surface area contributed by atoms with Crippen LogP contribution in [0.2, 0.25) is 0 Å². The van der Waals surface area contributed by atoms with Crippen molar-refractivity contribution in [1.29, 1.82) is 0 Å². The minimum absolute atomic E-state index is 0.193. The summed E-state index contributed by atoms with van der Waals surface area (Å²) in [4.78, 5) is 0. The van der Waals surface area contributed by atoms with Crippen molar-refractivity contribution in [3.05, 3.63) is 22.8 Å². The predicted molar refractivity (Wildman–Crippen MR) is 113 cm³/mol. The second kappa shape index (κ2) is 6.02. The van der Waals surface area contributed by atoms with Crippen molar-refractivity contribution in [3.63, 3.8) is 0 Å². The van der Waals surface area contributed by atoms with Gasteiger partial charge in [0.25, 0.3) is 0 Å². The van der Waals surface area contributed by atoms with Gasteiger partial charge in [0.15, 0.2) is 11.9 Å². The average molecular weight is 433 g/mol. The molecule has 2 aliphatic heterocycles. The first kappa shape index (κ1) is 20.8. The third-order valence-electron chi connectivity index (χ3n) is 10.2. The molecule has 0 aromatic carbocycles. The van der Waals surface area contributed by atoms with Crippen LogP contribution in [0.3, 0.4) is 0 Å². The van der Waals surface area contributed by atoms with Crippen LogP contribution >= 0.6 is 0 Å². The molecule has 0 aromatic heterocycles.